The summed E-state index contributed by atoms with van der Waals surface area (Å²) in [5.41, 5.74) is 1.29. The lowest BCUT2D eigenvalue weighted by Crippen LogP contribution is -2.36. The molecule has 0 saturated carbocycles. The molecule has 0 aliphatic carbocycles. The molecule has 4 nitrogen and oxygen atoms in total. The van der Waals surface area contributed by atoms with Crippen LogP contribution in [0, 0.1) is 5.92 Å². The Hall–Kier alpha value is -1.62. The van der Waals surface area contributed by atoms with Crippen LogP contribution in [0.3, 0.4) is 0 Å². The first kappa shape index (κ1) is 14.4. The van der Waals surface area contributed by atoms with E-state index in [-0.39, 0.29) is 0 Å². The number of hydrogen-bond acceptors (Lipinski definition) is 2. The van der Waals surface area contributed by atoms with Gasteiger partial charge in [-0.3, -0.25) is 0 Å². The van der Waals surface area contributed by atoms with Gasteiger partial charge in [-0.15, -0.1) is 0 Å². The Bertz CT molecular complexity index is 416. The van der Waals surface area contributed by atoms with E-state index in [0.29, 0.717) is 23.1 Å². The van der Waals surface area contributed by atoms with Crippen molar-refractivity contribution < 1.29 is 9.90 Å². The summed E-state index contributed by atoms with van der Waals surface area (Å²) in [5, 5.41) is 15.6. The van der Waals surface area contributed by atoms with Gasteiger partial charge in [-0.05, 0) is 35.8 Å². The molecule has 0 atom stereocenters. The van der Waals surface area contributed by atoms with Crippen LogP contribution in [0.2, 0.25) is 0 Å². The quantitative estimate of drug-likeness (QED) is 0.712. The molecule has 0 saturated heterocycles. The van der Waals surface area contributed by atoms with Crippen molar-refractivity contribution in [1.82, 2.24) is 10.6 Å². The van der Waals surface area contributed by atoms with Gasteiger partial charge in [0.05, 0.1) is 5.56 Å². The number of benzene rings is 1. The van der Waals surface area contributed by atoms with Crippen LogP contribution in [0.4, 0.5) is 0 Å². The molecule has 0 unspecified atom stereocenters. The molecule has 0 bridgehead atoms. The van der Waals surface area contributed by atoms with Crippen molar-refractivity contribution in [3.8, 4) is 0 Å². The van der Waals surface area contributed by atoms with Crippen LogP contribution >= 0.6 is 12.2 Å². The van der Waals surface area contributed by atoms with Crippen LogP contribution in [0.1, 0.15) is 29.8 Å². The number of carbonyl (C=O) groups is 1. The van der Waals surface area contributed by atoms with Gasteiger partial charge in [0.1, 0.15) is 0 Å². The highest BCUT2D eigenvalue weighted by Crippen LogP contribution is 2.04. The Morgan fingerprint density at radius 2 is 1.89 bits per heavy atom. The summed E-state index contributed by atoms with van der Waals surface area (Å²) >= 11 is 5.12. The number of aromatic carboxylic acids is 1. The second kappa shape index (κ2) is 6.96. The van der Waals surface area contributed by atoms with Crippen molar-refractivity contribution >= 4 is 23.3 Å². The molecule has 98 valence electrons. The maximum atomic E-state index is 10.7. The zero-order chi connectivity index (χ0) is 13.5. The van der Waals surface area contributed by atoms with Crippen molar-refractivity contribution in [1.29, 1.82) is 0 Å². The van der Waals surface area contributed by atoms with E-state index in [4.69, 9.17) is 17.3 Å². The van der Waals surface area contributed by atoms with Gasteiger partial charge in [-0.1, -0.05) is 26.0 Å². The van der Waals surface area contributed by atoms with Crippen molar-refractivity contribution in [3.63, 3.8) is 0 Å². The van der Waals surface area contributed by atoms with E-state index in [1.807, 2.05) is 0 Å². The molecule has 5 heteroatoms. The molecule has 0 fully saturated rings. The average Bonchev–Trinajstić information content (AvgIpc) is 2.34. The fourth-order valence-electron chi connectivity index (χ4n) is 1.31. The highest BCUT2D eigenvalue weighted by molar-refractivity contribution is 7.80. The Morgan fingerprint density at radius 3 is 2.39 bits per heavy atom. The average molecular weight is 266 g/mol. The van der Waals surface area contributed by atoms with Gasteiger partial charge in [0.25, 0.3) is 0 Å². The normalized spacial score (nSPS) is 10.2. The lowest BCUT2D eigenvalue weighted by atomic mass is 10.1. The topological polar surface area (TPSA) is 61.4 Å². The van der Waals surface area contributed by atoms with Crippen LogP contribution < -0.4 is 10.6 Å². The summed E-state index contributed by atoms with van der Waals surface area (Å²) in [6.45, 7) is 5.65. The number of nitrogens with one attached hydrogen (secondary N) is 2. The lowest BCUT2D eigenvalue weighted by Gasteiger charge is -2.12. The highest BCUT2D eigenvalue weighted by Gasteiger charge is 2.02. The van der Waals surface area contributed by atoms with Crippen molar-refractivity contribution in [2.45, 2.75) is 20.4 Å². The first-order valence-electron chi connectivity index (χ1n) is 5.83. The molecule has 0 aromatic heterocycles. The smallest absolute Gasteiger partial charge is 0.335 e. The second-order valence-corrected chi connectivity index (χ2v) is 4.87. The highest BCUT2D eigenvalue weighted by atomic mass is 32.1. The summed E-state index contributed by atoms with van der Waals surface area (Å²) in [5.74, 6) is -0.372. The lowest BCUT2D eigenvalue weighted by molar-refractivity contribution is 0.0697. The van der Waals surface area contributed by atoms with Crippen LogP contribution in [0.15, 0.2) is 24.3 Å². The van der Waals surface area contributed by atoms with Gasteiger partial charge in [0, 0.05) is 13.1 Å². The summed E-state index contributed by atoms with van der Waals surface area (Å²) in [6.07, 6.45) is 0. The molecular formula is C13H18N2O2S. The minimum absolute atomic E-state index is 0.291. The summed E-state index contributed by atoms with van der Waals surface area (Å²) in [4.78, 5) is 10.7. The number of thiocarbonyl (C=S) groups is 1. The van der Waals surface area contributed by atoms with Crippen molar-refractivity contribution in [2.24, 2.45) is 5.92 Å². The van der Waals surface area contributed by atoms with Gasteiger partial charge in [0.2, 0.25) is 0 Å². The monoisotopic (exact) mass is 266 g/mol. The van der Waals surface area contributed by atoms with Crippen molar-refractivity contribution in [3.05, 3.63) is 35.4 Å². The van der Waals surface area contributed by atoms with E-state index in [1.54, 1.807) is 24.3 Å². The van der Waals surface area contributed by atoms with Gasteiger partial charge in [0.15, 0.2) is 5.11 Å². The fraction of sp³-hybridized carbons (Fsp3) is 0.385. The van der Waals surface area contributed by atoms with Crippen LogP contribution in [0.25, 0.3) is 0 Å². The number of carboxylic acids is 1. The van der Waals surface area contributed by atoms with E-state index >= 15 is 0 Å². The van der Waals surface area contributed by atoms with Crippen LogP contribution in [0.5, 0.6) is 0 Å². The van der Waals surface area contributed by atoms with E-state index < -0.39 is 5.97 Å². The standard InChI is InChI=1S/C13H18N2O2S/c1-9(2)7-14-13(18)15-8-10-3-5-11(6-4-10)12(16)17/h3-6,9H,7-8H2,1-2H3,(H,16,17)(H2,14,15,18). The second-order valence-electron chi connectivity index (χ2n) is 4.46. The maximum absolute atomic E-state index is 10.7. The third-order valence-electron chi connectivity index (χ3n) is 2.32. The van der Waals surface area contributed by atoms with Gasteiger partial charge < -0.3 is 15.7 Å². The van der Waals surface area contributed by atoms with Gasteiger partial charge in [-0.2, -0.15) is 0 Å². The molecule has 3 N–H and O–H groups in total. The van der Waals surface area contributed by atoms with Crippen molar-refractivity contribution in [2.75, 3.05) is 6.54 Å². The molecule has 0 spiro atoms. The molecule has 1 aromatic carbocycles. The number of hydrogen-bond donors (Lipinski definition) is 3. The SMILES string of the molecule is CC(C)CNC(=S)NCc1ccc(C(=O)O)cc1. The number of carboxylic acid groups (broad SMARTS) is 1. The summed E-state index contributed by atoms with van der Waals surface area (Å²) < 4.78 is 0. The minimum atomic E-state index is -0.913. The largest absolute Gasteiger partial charge is 0.478 e. The van der Waals surface area contributed by atoms with Crippen LogP contribution in [-0.4, -0.2) is 22.7 Å². The molecule has 0 amide bonds. The third kappa shape index (κ3) is 5.14. The third-order valence-corrected chi connectivity index (χ3v) is 2.61. The molecule has 18 heavy (non-hydrogen) atoms. The maximum Gasteiger partial charge on any atom is 0.335 e. The molecule has 0 aliphatic heterocycles. The molecule has 1 aromatic rings. The van der Waals surface area contributed by atoms with E-state index in [0.717, 1.165) is 12.1 Å². The van der Waals surface area contributed by atoms with Gasteiger partial charge >= 0.3 is 5.97 Å². The van der Waals surface area contributed by atoms with Gasteiger partial charge in [-0.25, -0.2) is 4.79 Å². The van der Waals surface area contributed by atoms with E-state index in [2.05, 4.69) is 24.5 Å². The van der Waals surface area contributed by atoms with E-state index in [9.17, 15) is 4.79 Å². The molecule has 0 heterocycles. The minimum Gasteiger partial charge on any atom is -0.478 e. The Morgan fingerprint density at radius 1 is 1.28 bits per heavy atom. The zero-order valence-corrected chi connectivity index (χ0v) is 11.4. The molecule has 1 rings (SSSR count). The Labute approximate surface area is 112 Å². The van der Waals surface area contributed by atoms with E-state index in [1.165, 1.54) is 0 Å². The summed E-state index contributed by atoms with van der Waals surface area (Å²) in [7, 11) is 0. The zero-order valence-electron chi connectivity index (χ0n) is 10.6. The Balaban J connectivity index is 2.39. The predicted octanol–water partition coefficient (Wildman–Crippen LogP) is 2.00. The molecule has 0 aliphatic rings. The molecular weight excluding hydrogens is 248 g/mol. The fourth-order valence-corrected chi connectivity index (χ4v) is 1.46. The summed E-state index contributed by atoms with van der Waals surface area (Å²) in [6, 6.07) is 6.73. The van der Waals surface area contributed by atoms with Crippen LogP contribution in [-0.2, 0) is 6.54 Å². The number of rotatable bonds is 5. The Kier molecular flexibility index (Phi) is 5.58. The predicted molar refractivity (Wildman–Crippen MR) is 75.7 cm³/mol. The molecule has 0 radical (unpaired) electrons. The first-order valence-corrected chi connectivity index (χ1v) is 6.24. The first-order chi connectivity index (χ1) is 8.49.